The van der Waals surface area contributed by atoms with Gasteiger partial charge in [-0.3, -0.25) is 4.90 Å². The SMILES string of the molecule is C=CC1(N2CCN(C)CC2)CCCCC1. The Bertz CT molecular complexity index is 211. The Labute approximate surface area is 93.9 Å². The van der Waals surface area contributed by atoms with E-state index in [1.165, 1.54) is 58.3 Å². The second kappa shape index (κ2) is 4.67. The minimum Gasteiger partial charge on any atom is -0.304 e. The molecule has 2 aliphatic rings. The Morgan fingerprint density at radius 1 is 1.00 bits per heavy atom. The molecule has 0 N–H and O–H groups in total. The Morgan fingerprint density at radius 3 is 2.13 bits per heavy atom. The van der Waals surface area contributed by atoms with Crippen LogP contribution >= 0.6 is 0 Å². The largest absolute Gasteiger partial charge is 0.304 e. The summed E-state index contributed by atoms with van der Waals surface area (Å²) < 4.78 is 0. The normalized spacial score (nSPS) is 28.9. The van der Waals surface area contributed by atoms with E-state index >= 15 is 0 Å². The fourth-order valence-corrected chi connectivity index (χ4v) is 3.07. The van der Waals surface area contributed by atoms with Crippen molar-refractivity contribution >= 4 is 0 Å². The summed E-state index contributed by atoms with van der Waals surface area (Å²) in [4.78, 5) is 5.11. The summed E-state index contributed by atoms with van der Waals surface area (Å²) in [6.45, 7) is 8.98. The minimum absolute atomic E-state index is 0.347. The molecule has 2 fully saturated rings. The van der Waals surface area contributed by atoms with Crippen molar-refractivity contribution in [2.24, 2.45) is 0 Å². The molecule has 0 amide bonds. The fourth-order valence-electron chi connectivity index (χ4n) is 3.07. The minimum atomic E-state index is 0.347. The van der Waals surface area contributed by atoms with Crippen LogP contribution in [-0.4, -0.2) is 48.6 Å². The zero-order valence-corrected chi connectivity index (χ0v) is 10.0. The number of hydrogen-bond acceptors (Lipinski definition) is 2. The molecule has 0 bridgehead atoms. The summed E-state index contributed by atoms with van der Waals surface area (Å²) >= 11 is 0. The summed E-state index contributed by atoms with van der Waals surface area (Å²) in [6.07, 6.45) is 9.10. The molecule has 0 aromatic carbocycles. The first-order chi connectivity index (χ1) is 7.27. The molecule has 0 radical (unpaired) electrons. The van der Waals surface area contributed by atoms with Crippen LogP contribution in [0.3, 0.4) is 0 Å². The monoisotopic (exact) mass is 208 g/mol. The predicted molar refractivity (Wildman–Crippen MR) is 65.1 cm³/mol. The molecule has 2 heteroatoms. The number of hydrogen-bond donors (Lipinski definition) is 0. The van der Waals surface area contributed by atoms with Crippen molar-refractivity contribution in [1.29, 1.82) is 0 Å². The maximum absolute atomic E-state index is 4.10. The second-order valence-corrected chi connectivity index (χ2v) is 5.16. The van der Waals surface area contributed by atoms with Crippen LogP contribution in [-0.2, 0) is 0 Å². The zero-order valence-electron chi connectivity index (χ0n) is 10.0. The van der Waals surface area contributed by atoms with Gasteiger partial charge < -0.3 is 4.90 Å². The fraction of sp³-hybridized carbons (Fsp3) is 0.846. The summed E-state index contributed by atoms with van der Waals surface area (Å²) in [7, 11) is 2.22. The zero-order chi connectivity index (χ0) is 10.7. The third-order valence-corrected chi connectivity index (χ3v) is 4.23. The maximum Gasteiger partial charge on any atom is 0.0389 e. The van der Waals surface area contributed by atoms with Gasteiger partial charge in [-0.2, -0.15) is 0 Å². The van der Waals surface area contributed by atoms with Crippen molar-refractivity contribution < 1.29 is 0 Å². The maximum atomic E-state index is 4.10. The average molecular weight is 208 g/mol. The van der Waals surface area contributed by atoms with E-state index in [1.54, 1.807) is 0 Å². The summed E-state index contributed by atoms with van der Waals surface area (Å²) in [5.41, 5.74) is 0.347. The van der Waals surface area contributed by atoms with Gasteiger partial charge >= 0.3 is 0 Å². The lowest BCUT2D eigenvalue weighted by Crippen LogP contribution is -2.56. The van der Waals surface area contributed by atoms with Gasteiger partial charge in [0.15, 0.2) is 0 Å². The molecule has 1 saturated heterocycles. The number of likely N-dealkylation sites (N-methyl/N-ethyl adjacent to an activating group) is 1. The quantitative estimate of drug-likeness (QED) is 0.641. The van der Waals surface area contributed by atoms with E-state index in [0.717, 1.165) is 0 Å². The molecule has 86 valence electrons. The lowest BCUT2D eigenvalue weighted by atomic mass is 9.80. The molecule has 0 atom stereocenters. The molecule has 2 nitrogen and oxygen atoms in total. The summed E-state index contributed by atoms with van der Waals surface area (Å²) in [6, 6.07) is 0. The van der Waals surface area contributed by atoms with E-state index in [2.05, 4.69) is 29.5 Å². The molecule has 1 aliphatic carbocycles. The lowest BCUT2D eigenvalue weighted by Gasteiger charge is -2.47. The van der Waals surface area contributed by atoms with Crippen LogP contribution < -0.4 is 0 Å². The Morgan fingerprint density at radius 2 is 1.60 bits per heavy atom. The van der Waals surface area contributed by atoms with Crippen LogP contribution in [0.5, 0.6) is 0 Å². The van der Waals surface area contributed by atoms with E-state index in [-0.39, 0.29) is 0 Å². The van der Waals surface area contributed by atoms with Crippen molar-refractivity contribution in [1.82, 2.24) is 9.80 Å². The molecule has 1 saturated carbocycles. The van der Waals surface area contributed by atoms with Gasteiger partial charge in [0.2, 0.25) is 0 Å². The first kappa shape index (κ1) is 11.2. The highest BCUT2D eigenvalue weighted by Crippen LogP contribution is 2.35. The Hall–Kier alpha value is -0.340. The van der Waals surface area contributed by atoms with Crippen molar-refractivity contribution in [2.75, 3.05) is 33.2 Å². The van der Waals surface area contributed by atoms with Crippen molar-refractivity contribution in [3.05, 3.63) is 12.7 Å². The standard InChI is InChI=1S/C13H24N2/c1-3-13(7-5-4-6-8-13)15-11-9-14(2)10-12-15/h3H,1,4-12H2,2H3. The molecule has 2 rings (SSSR count). The van der Waals surface area contributed by atoms with E-state index in [9.17, 15) is 0 Å². The highest BCUT2D eigenvalue weighted by atomic mass is 15.3. The molecule has 1 aliphatic heterocycles. The van der Waals surface area contributed by atoms with Gasteiger partial charge in [-0.15, -0.1) is 6.58 Å². The van der Waals surface area contributed by atoms with Crippen molar-refractivity contribution in [3.8, 4) is 0 Å². The van der Waals surface area contributed by atoms with Crippen LogP contribution in [0.15, 0.2) is 12.7 Å². The Kier molecular flexibility index (Phi) is 3.47. The van der Waals surface area contributed by atoms with Crippen LogP contribution in [0, 0.1) is 0 Å². The molecular formula is C13H24N2. The van der Waals surface area contributed by atoms with Crippen LogP contribution in [0.2, 0.25) is 0 Å². The highest BCUT2D eigenvalue weighted by Gasteiger charge is 2.35. The van der Waals surface area contributed by atoms with Gasteiger partial charge in [0.25, 0.3) is 0 Å². The first-order valence-corrected chi connectivity index (χ1v) is 6.34. The third kappa shape index (κ3) is 2.26. The van der Waals surface area contributed by atoms with Crippen molar-refractivity contribution in [2.45, 2.75) is 37.6 Å². The van der Waals surface area contributed by atoms with E-state index in [0.29, 0.717) is 5.54 Å². The van der Waals surface area contributed by atoms with Gasteiger partial charge in [-0.25, -0.2) is 0 Å². The first-order valence-electron chi connectivity index (χ1n) is 6.34. The van der Waals surface area contributed by atoms with Gasteiger partial charge in [-0.1, -0.05) is 25.3 Å². The Balaban J connectivity index is 2.01. The van der Waals surface area contributed by atoms with Gasteiger partial charge in [-0.05, 0) is 19.9 Å². The second-order valence-electron chi connectivity index (χ2n) is 5.16. The van der Waals surface area contributed by atoms with Crippen LogP contribution in [0.25, 0.3) is 0 Å². The van der Waals surface area contributed by atoms with E-state index in [1.807, 2.05) is 0 Å². The summed E-state index contributed by atoms with van der Waals surface area (Å²) in [5.74, 6) is 0. The van der Waals surface area contributed by atoms with Crippen molar-refractivity contribution in [3.63, 3.8) is 0 Å². The predicted octanol–water partition coefficient (Wildman–Crippen LogP) is 2.12. The highest BCUT2D eigenvalue weighted by molar-refractivity contribution is 5.06. The molecule has 0 spiro atoms. The van der Waals surface area contributed by atoms with E-state index < -0.39 is 0 Å². The number of rotatable bonds is 2. The molecule has 0 aromatic heterocycles. The molecular weight excluding hydrogens is 184 g/mol. The number of nitrogens with zero attached hydrogens (tertiary/aromatic N) is 2. The summed E-state index contributed by atoms with van der Waals surface area (Å²) in [5, 5.41) is 0. The molecule has 15 heavy (non-hydrogen) atoms. The molecule has 1 heterocycles. The molecule has 0 unspecified atom stereocenters. The van der Waals surface area contributed by atoms with Gasteiger partial charge in [0.05, 0.1) is 0 Å². The average Bonchev–Trinajstić information content (AvgIpc) is 2.31. The van der Waals surface area contributed by atoms with Gasteiger partial charge in [0, 0.05) is 31.7 Å². The third-order valence-electron chi connectivity index (χ3n) is 4.23. The number of piperazine rings is 1. The molecule has 0 aromatic rings. The van der Waals surface area contributed by atoms with Crippen LogP contribution in [0.1, 0.15) is 32.1 Å². The topological polar surface area (TPSA) is 6.48 Å². The smallest absolute Gasteiger partial charge is 0.0389 e. The van der Waals surface area contributed by atoms with Crippen LogP contribution in [0.4, 0.5) is 0 Å². The van der Waals surface area contributed by atoms with Gasteiger partial charge in [0.1, 0.15) is 0 Å². The lowest BCUT2D eigenvalue weighted by molar-refractivity contribution is 0.0454. The van der Waals surface area contributed by atoms with E-state index in [4.69, 9.17) is 0 Å².